The molecule has 1 aliphatic rings. The molecule has 1 fully saturated rings. The molecule has 0 spiro atoms. The van der Waals surface area contributed by atoms with Gasteiger partial charge in [-0.2, -0.15) is 12.7 Å². The van der Waals surface area contributed by atoms with E-state index in [-0.39, 0.29) is 0 Å². The number of nitrogens with two attached hydrogens (primary N) is 1. The molecule has 20 heavy (non-hydrogen) atoms. The van der Waals surface area contributed by atoms with Crippen LogP contribution >= 0.6 is 0 Å². The lowest BCUT2D eigenvalue weighted by atomic mass is 10.2. The molecule has 0 radical (unpaired) electrons. The second kappa shape index (κ2) is 6.45. The molecule has 0 aromatic heterocycles. The topological polar surface area (TPSA) is 66.6 Å². The predicted octanol–water partition coefficient (Wildman–Crippen LogP) is 2.22. The smallest absolute Gasteiger partial charge is 0.304 e. The molecule has 5 nitrogen and oxygen atoms in total. The van der Waals surface area contributed by atoms with Crippen LogP contribution in [0.15, 0.2) is 24.3 Å². The summed E-state index contributed by atoms with van der Waals surface area (Å²) in [5.41, 5.74) is 6.97. The minimum absolute atomic E-state index is 0.419. The fraction of sp³-hybridized carbons (Fsp3) is 0.571. The van der Waals surface area contributed by atoms with Gasteiger partial charge in [-0.25, -0.2) is 0 Å². The van der Waals surface area contributed by atoms with Gasteiger partial charge in [-0.1, -0.05) is 12.8 Å². The van der Waals surface area contributed by atoms with Crippen LogP contribution in [0.5, 0.6) is 0 Å². The number of hydrogen-bond acceptors (Lipinski definition) is 3. The zero-order valence-electron chi connectivity index (χ0n) is 12.0. The maximum absolute atomic E-state index is 12.8. The second-order valence-electron chi connectivity index (χ2n) is 5.08. The van der Waals surface area contributed by atoms with Crippen molar-refractivity contribution < 1.29 is 8.42 Å². The lowest BCUT2D eigenvalue weighted by Crippen LogP contribution is -2.44. The highest BCUT2D eigenvalue weighted by Crippen LogP contribution is 2.23. The van der Waals surface area contributed by atoms with Gasteiger partial charge in [0.05, 0.1) is 5.69 Å². The molecule has 1 aromatic carbocycles. The summed E-state index contributed by atoms with van der Waals surface area (Å²) in [5, 5.41) is 0. The summed E-state index contributed by atoms with van der Waals surface area (Å²) in [7, 11) is -3.44. The molecule has 0 amide bonds. The van der Waals surface area contributed by atoms with Crippen LogP contribution in [0, 0.1) is 0 Å². The highest BCUT2D eigenvalue weighted by molar-refractivity contribution is 7.90. The van der Waals surface area contributed by atoms with Gasteiger partial charge in [0.15, 0.2) is 0 Å². The normalized spacial score (nSPS) is 17.6. The molecule has 0 saturated carbocycles. The maximum atomic E-state index is 12.8. The third kappa shape index (κ3) is 3.24. The number of hydrogen-bond donors (Lipinski definition) is 1. The Morgan fingerprint density at radius 2 is 1.65 bits per heavy atom. The molecule has 0 bridgehead atoms. The summed E-state index contributed by atoms with van der Waals surface area (Å²) in [6, 6.07) is 6.98. The van der Waals surface area contributed by atoms with Gasteiger partial charge in [0.1, 0.15) is 0 Å². The van der Waals surface area contributed by atoms with Crippen molar-refractivity contribution in [3.8, 4) is 0 Å². The van der Waals surface area contributed by atoms with Gasteiger partial charge >= 0.3 is 10.2 Å². The van der Waals surface area contributed by atoms with Gasteiger partial charge in [0, 0.05) is 25.3 Å². The van der Waals surface area contributed by atoms with Gasteiger partial charge in [-0.15, -0.1) is 0 Å². The molecule has 0 unspecified atom stereocenters. The Bertz CT molecular complexity index is 520. The van der Waals surface area contributed by atoms with Gasteiger partial charge in [-0.05, 0) is 44.0 Å². The largest absolute Gasteiger partial charge is 0.399 e. The molecule has 2 rings (SSSR count). The molecule has 0 aliphatic carbocycles. The Balaban J connectivity index is 2.26. The molecule has 1 saturated heterocycles. The van der Waals surface area contributed by atoms with Crippen molar-refractivity contribution in [3.63, 3.8) is 0 Å². The van der Waals surface area contributed by atoms with Crippen molar-refractivity contribution in [3.05, 3.63) is 24.3 Å². The van der Waals surface area contributed by atoms with E-state index in [0.717, 1.165) is 25.7 Å². The zero-order chi connectivity index (χ0) is 14.6. The third-order valence-corrected chi connectivity index (χ3v) is 5.68. The Hall–Kier alpha value is -1.27. The molecule has 2 N–H and O–H groups in total. The lowest BCUT2D eigenvalue weighted by molar-refractivity contribution is 0.421. The average Bonchev–Trinajstić information content (AvgIpc) is 2.71. The van der Waals surface area contributed by atoms with Crippen molar-refractivity contribution >= 4 is 21.6 Å². The molecule has 1 aliphatic heterocycles. The van der Waals surface area contributed by atoms with Gasteiger partial charge < -0.3 is 5.73 Å². The summed E-state index contributed by atoms with van der Waals surface area (Å²) in [5.74, 6) is 0. The maximum Gasteiger partial charge on any atom is 0.304 e. The number of anilines is 2. The first-order chi connectivity index (χ1) is 9.55. The Morgan fingerprint density at radius 3 is 2.15 bits per heavy atom. The van der Waals surface area contributed by atoms with E-state index in [1.807, 2.05) is 6.92 Å². The summed E-state index contributed by atoms with van der Waals surface area (Å²) in [6.45, 7) is 3.51. The highest BCUT2D eigenvalue weighted by atomic mass is 32.2. The molecule has 6 heteroatoms. The summed E-state index contributed by atoms with van der Waals surface area (Å²) in [6.07, 6.45) is 4.11. The minimum atomic E-state index is -3.44. The average molecular weight is 297 g/mol. The van der Waals surface area contributed by atoms with Crippen LogP contribution in [0.1, 0.15) is 32.6 Å². The molecule has 1 heterocycles. The van der Waals surface area contributed by atoms with Crippen LogP contribution in [-0.4, -0.2) is 32.4 Å². The van der Waals surface area contributed by atoms with Crippen molar-refractivity contribution in [1.29, 1.82) is 0 Å². The summed E-state index contributed by atoms with van der Waals surface area (Å²) < 4.78 is 28.6. The van der Waals surface area contributed by atoms with E-state index in [1.165, 1.54) is 4.31 Å². The van der Waals surface area contributed by atoms with Crippen molar-refractivity contribution in [1.82, 2.24) is 4.31 Å². The Labute approximate surface area is 121 Å². The fourth-order valence-electron chi connectivity index (χ4n) is 2.53. The van der Waals surface area contributed by atoms with E-state index >= 15 is 0 Å². The molecule has 0 atom stereocenters. The number of rotatable bonds is 4. The van der Waals surface area contributed by atoms with Crippen molar-refractivity contribution in [2.24, 2.45) is 0 Å². The Morgan fingerprint density at radius 1 is 1.10 bits per heavy atom. The first kappa shape index (κ1) is 15.1. The summed E-state index contributed by atoms with van der Waals surface area (Å²) >= 11 is 0. The van der Waals surface area contributed by atoms with E-state index in [1.54, 1.807) is 28.6 Å². The number of nitrogen functional groups attached to an aromatic ring is 1. The first-order valence-electron chi connectivity index (χ1n) is 7.19. The number of benzene rings is 1. The third-order valence-electron chi connectivity index (χ3n) is 3.64. The van der Waals surface area contributed by atoms with Crippen LogP contribution in [0.4, 0.5) is 11.4 Å². The van der Waals surface area contributed by atoms with Crippen molar-refractivity contribution in [2.75, 3.05) is 29.7 Å². The second-order valence-corrected chi connectivity index (χ2v) is 6.93. The first-order valence-corrected chi connectivity index (χ1v) is 8.58. The standard InChI is InChI=1S/C14H23N3O2S/c1-2-17(14-9-7-13(15)8-10-14)20(18,19)16-11-5-3-4-6-12-16/h7-10H,2-6,11-12,15H2,1H3. The van der Waals surface area contributed by atoms with E-state index < -0.39 is 10.2 Å². The molecular formula is C14H23N3O2S. The van der Waals surface area contributed by atoms with Crippen LogP contribution in [0.3, 0.4) is 0 Å². The quantitative estimate of drug-likeness (QED) is 0.867. The van der Waals surface area contributed by atoms with Crippen LogP contribution in [0.2, 0.25) is 0 Å². The predicted molar refractivity (Wildman–Crippen MR) is 82.8 cm³/mol. The number of nitrogens with zero attached hydrogens (tertiary/aromatic N) is 2. The minimum Gasteiger partial charge on any atom is -0.399 e. The van der Waals surface area contributed by atoms with E-state index in [0.29, 0.717) is 31.0 Å². The summed E-state index contributed by atoms with van der Waals surface area (Å²) in [4.78, 5) is 0. The molecular weight excluding hydrogens is 274 g/mol. The highest BCUT2D eigenvalue weighted by Gasteiger charge is 2.29. The van der Waals surface area contributed by atoms with Crippen LogP contribution in [-0.2, 0) is 10.2 Å². The van der Waals surface area contributed by atoms with E-state index in [2.05, 4.69) is 0 Å². The lowest BCUT2D eigenvalue weighted by Gasteiger charge is -2.29. The van der Waals surface area contributed by atoms with Gasteiger partial charge in [0.25, 0.3) is 0 Å². The SMILES string of the molecule is CCN(c1ccc(N)cc1)S(=O)(=O)N1CCCCCC1. The van der Waals surface area contributed by atoms with E-state index in [4.69, 9.17) is 5.73 Å². The molecule has 1 aromatic rings. The Kier molecular flexibility index (Phi) is 4.88. The fourth-order valence-corrected chi connectivity index (χ4v) is 4.24. The zero-order valence-corrected chi connectivity index (χ0v) is 12.8. The van der Waals surface area contributed by atoms with Gasteiger partial charge in [0.2, 0.25) is 0 Å². The van der Waals surface area contributed by atoms with Crippen LogP contribution in [0.25, 0.3) is 0 Å². The van der Waals surface area contributed by atoms with Gasteiger partial charge in [-0.3, -0.25) is 4.31 Å². The monoisotopic (exact) mass is 297 g/mol. The van der Waals surface area contributed by atoms with Crippen molar-refractivity contribution in [2.45, 2.75) is 32.6 Å². The molecule has 112 valence electrons. The van der Waals surface area contributed by atoms with E-state index in [9.17, 15) is 8.42 Å². The van der Waals surface area contributed by atoms with Crippen LogP contribution < -0.4 is 10.0 Å².